The summed E-state index contributed by atoms with van der Waals surface area (Å²) in [6.45, 7) is 2.88. The molecule has 0 saturated carbocycles. The van der Waals surface area contributed by atoms with Gasteiger partial charge in [0.25, 0.3) is 0 Å². The van der Waals surface area contributed by atoms with E-state index in [1.807, 2.05) is 0 Å². The normalized spacial score (nSPS) is 22.4. The first-order valence-corrected chi connectivity index (χ1v) is 4.69. The number of hydrogen-bond donors (Lipinski definition) is 1. The second-order valence-electron chi connectivity index (χ2n) is 3.60. The Labute approximate surface area is 78.1 Å². The van der Waals surface area contributed by atoms with Gasteiger partial charge in [-0.3, -0.25) is 9.59 Å². The zero-order valence-corrected chi connectivity index (χ0v) is 7.95. The van der Waals surface area contributed by atoms with Gasteiger partial charge < -0.3 is 10.6 Å². The summed E-state index contributed by atoms with van der Waals surface area (Å²) < 4.78 is 0. The van der Waals surface area contributed by atoms with E-state index in [0.29, 0.717) is 18.9 Å². The van der Waals surface area contributed by atoms with Crippen molar-refractivity contribution in [1.82, 2.24) is 4.90 Å². The molecule has 0 radical (unpaired) electrons. The van der Waals surface area contributed by atoms with Crippen LogP contribution >= 0.6 is 0 Å². The van der Waals surface area contributed by atoms with Crippen molar-refractivity contribution in [1.29, 1.82) is 0 Å². The standard InChI is InChI=1S/C9H16N2O2/c1-2-3-7-4-9(13)11(5-7)6-8(10)12/h7H,2-6H2,1H3,(H2,10,12). The van der Waals surface area contributed by atoms with Crippen LogP contribution in [-0.4, -0.2) is 29.8 Å². The van der Waals surface area contributed by atoms with E-state index in [1.54, 1.807) is 4.90 Å². The topological polar surface area (TPSA) is 63.4 Å². The summed E-state index contributed by atoms with van der Waals surface area (Å²) in [5.41, 5.74) is 5.02. The maximum absolute atomic E-state index is 11.3. The smallest absolute Gasteiger partial charge is 0.237 e. The molecule has 1 atom stereocenters. The van der Waals surface area contributed by atoms with Gasteiger partial charge in [-0.25, -0.2) is 0 Å². The number of nitrogens with two attached hydrogens (primary N) is 1. The average molecular weight is 184 g/mol. The molecule has 2 N–H and O–H groups in total. The Morgan fingerprint density at radius 3 is 2.92 bits per heavy atom. The highest BCUT2D eigenvalue weighted by atomic mass is 16.2. The molecule has 13 heavy (non-hydrogen) atoms. The maximum atomic E-state index is 11.3. The van der Waals surface area contributed by atoms with Crippen molar-refractivity contribution in [2.24, 2.45) is 11.7 Å². The molecule has 0 spiro atoms. The van der Waals surface area contributed by atoms with Gasteiger partial charge >= 0.3 is 0 Å². The number of carbonyl (C=O) groups is 2. The SMILES string of the molecule is CCCC1CC(=O)N(CC(N)=O)C1. The molecule has 1 rings (SSSR count). The lowest BCUT2D eigenvalue weighted by molar-refractivity contribution is -0.132. The lowest BCUT2D eigenvalue weighted by Gasteiger charge is -2.13. The van der Waals surface area contributed by atoms with E-state index in [4.69, 9.17) is 5.73 Å². The van der Waals surface area contributed by atoms with Gasteiger partial charge in [0.05, 0.1) is 6.54 Å². The van der Waals surface area contributed by atoms with Crippen LogP contribution in [0.5, 0.6) is 0 Å². The van der Waals surface area contributed by atoms with E-state index in [-0.39, 0.29) is 12.5 Å². The first kappa shape index (κ1) is 10.0. The molecule has 0 aliphatic carbocycles. The van der Waals surface area contributed by atoms with Gasteiger partial charge in [-0.15, -0.1) is 0 Å². The predicted octanol–water partition coefficient (Wildman–Crippen LogP) is 0.120. The summed E-state index contributed by atoms with van der Waals surface area (Å²) in [5.74, 6) is 0.0691. The van der Waals surface area contributed by atoms with E-state index in [0.717, 1.165) is 12.8 Å². The summed E-state index contributed by atoms with van der Waals surface area (Å²) in [4.78, 5) is 23.5. The number of likely N-dealkylation sites (tertiary alicyclic amines) is 1. The van der Waals surface area contributed by atoms with Gasteiger partial charge in [0, 0.05) is 13.0 Å². The van der Waals surface area contributed by atoms with Crippen LogP contribution in [0, 0.1) is 5.92 Å². The molecule has 1 aliphatic rings. The van der Waals surface area contributed by atoms with E-state index in [1.165, 1.54) is 0 Å². The quantitative estimate of drug-likeness (QED) is 0.674. The van der Waals surface area contributed by atoms with Crippen molar-refractivity contribution >= 4 is 11.8 Å². The van der Waals surface area contributed by atoms with Crippen LogP contribution in [0.3, 0.4) is 0 Å². The van der Waals surface area contributed by atoms with Gasteiger partial charge in [0.1, 0.15) is 0 Å². The van der Waals surface area contributed by atoms with Crippen molar-refractivity contribution in [2.75, 3.05) is 13.1 Å². The predicted molar refractivity (Wildman–Crippen MR) is 48.8 cm³/mol. The Bertz CT molecular complexity index is 216. The molecule has 1 heterocycles. The fourth-order valence-electron chi connectivity index (χ4n) is 1.80. The molecule has 1 fully saturated rings. The fraction of sp³-hybridized carbons (Fsp3) is 0.778. The van der Waals surface area contributed by atoms with Crippen molar-refractivity contribution in [3.8, 4) is 0 Å². The number of rotatable bonds is 4. The third kappa shape index (κ3) is 2.72. The molecule has 0 aromatic heterocycles. The lowest BCUT2D eigenvalue weighted by atomic mass is 10.0. The largest absolute Gasteiger partial charge is 0.368 e. The molecule has 1 saturated heterocycles. The minimum Gasteiger partial charge on any atom is -0.368 e. The first-order chi connectivity index (χ1) is 6.13. The molecule has 0 bridgehead atoms. The number of amides is 2. The average Bonchev–Trinajstić information content (AvgIpc) is 2.31. The summed E-state index contributed by atoms with van der Waals surface area (Å²) in [6, 6.07) is 0. The van der Waals surface area contributed by atoms with Crippen LogP contribution in [0.15, 0.2) is 0 Å². The van der Waals surface area contributed by atoms with E-state index in [9.17, 15) is 9.59 Å². The third-order valence-corrected chi connectivity index (χ3v) is 2.34. The molecule has 2 amide bonds. The first-order valence-electron chi connectivity index (χ1n) is 4.69. The summed E-state index contributed by atoms with van der Waals surface area (Å²) in [7, 11) is 0. The van der Waals surface area contributed by atoms with Gasteiger partial charge in [0.2, 0.25) is 11.8 Å². The van der Waals surface area contributed by atoms with Gasteiger partial charge in [-0.2, -0.15) is 0 Å². The molecule has 0 aromatic carbocycles. The van der Waals surface area contributed by atoms with Crippen LogP contribution in [0.1, 0.15) is 26.2 Å². The number of nitrogens with zero attached hydrogens (tertiary/aromatic N) is 1. The van der Waals surface area contributed by atoms with E-state index < -0.39 is 5.91 Å². The Morgan fingerprint density at radius 2 is 2.38 bits per heavy atom. The molecule has 1 aliphatic heterocycles. The maximum Gasteiger partial charge on any atom is 0.237 e. The summed E-state index contributed by atoms with van der Waals surface area (Å²) in [5, 5.41) is 0. The Balaban J connectivity index is 2.41. The van der Waals surface area contributed by atoms with Gasteiger partial charge in [-0.05, 0) is 12.3 Å². The minimum absolute atomic E-state index is 0.0669. The van der Waals surface area contributed by atoms with Crippen molar-refractivity contribution in [3.63, 3.8) is 0 Å². The highest BCUT2D eigenvalue weighted by Crippen LogP contribution is 2.21. The minimum atomic E-state index is -0.425. The molecular formula is C9H16N2O2. The Morgan fingerprint density at radius 1 is 1.69 bits per heavy atom. The highest BCUT2D eigenvalue weighted by molar-refractivity contribution is 5.85. The monoisotopic (exact) mass is 184 g/mol. The van der Waals surface area contributed by atoms with Crippen LogP contribution in [0.25, 0.3) is 0 Å². The van der Waals surface area contributed by atoms with E-state index in [2.05, 4.69) is 6.92 Å². The van der Waals surface area contributed by atoms with Gasteiger partial charge in [-0.1, -0.05) is 13.3 Å². The molecule has 74 valence electrons. The number of carbonyl (C=O) groups excluding carboxylic acids is 2. The second kappa shape index (κ2) is 4.25. The van der Waals surface area contributed by atoms with Crippen molar-refractivity contribution < 1.29 is 9.59 Å². The summed E-state index contributed by atoms with van der Waals surface area (Å²) in [6.07, 6.45) is 2.73. The molecule has 4 nitrogen and oxygen atoms in total. The van der Waals surface area contributed by atoms with E-state index >= 15 is 0 Å². The van der Waals surface area contributed by atoms with Crippen molar-refractivity contribution in [3.05, 3.63) is 0 Å². The molecule has 0 aromatic rings. The lowest BCUT2D eigenvalue weighted by Crippen LogP contribution is -2.34. The fourth-order valence-corrected chi connectivity index (χ4v) is 1.80. The summed E-state index contributed by atoms with van der Waals surface area (Å²) >= 11 is 0. The molecular weight excluding hydrogens is 168 g/mol. The second-order valence-corrected chi connectivity index (χ2v) is 3.60. The van der Waals surface area contributed by atoms with Crippen LogP contribution in [0.2, 0.25) is 0 Å². The Kier molecular flexibility index (Phi) is 3.28. The number of primary amides is 1. The molecule has 1 unspecified atom stereocenters. The van der Waals surface area contributed by atoms with Crippen molar-refractivity contribution in [2.45, 2.75) is 26.2 Å². The Hall–Kier alpha value is -1.06. The van der Waals surface area contributed by atoms with Crippen LogP contribution in [-0.2, 0) is 9.59 Å². The third-order valence-electron chi connectivity index (χ3n) is 2.34. The van der Waals surface area contributed by atoms with Crippen LogP contribution < -0.4 is 5.73 Å². The zero-order valence-electron chi connectivity index (χ0n) is 7.95. The highest BCUT2D eigenvalue weighted by Gasteiger charge is 2.29. The zero-order chi connectivity index (χ0) is 9.84. The number of hydrogen-bond acceptors (Lipinski definition) is 2. The van der Waals surface area contributed by atoms with Crippen LogP contribution in [0.4, 0.5) is 0 Å². The van der Waals surface area contributed by atoms with Gasteiger partial charge in [0.15, 0.2) is 0 Å². The molecule has 4 heteroatoms.